The van der Waals surface area contributed by atoms with Gasteiger partial charge in [-0.1, -0.05) is 39.8 Å². The monoisotopic (exact) mass is 435 g/mol. The van der Waals surface area contributed by atoms with Crippen LogP contribution in [0.1, 0.15) is 79.1 Å². The van der Waals surface area contributed by atoms with Crippen LogP contribution in [-0.2, 0) is 17.3 Å². The lowest BCUT2D eigenvalue weighted by Gasteiger charge is -2.42. The molecule has 3 aromatic rings. The molecule has 2 aromatic heterocycles. The van der Waals surface area contributed by atoms with Crippen LogP contribution in [0, 0.1) is 11.7 Å². The van der Waals surface area contributed by atoms with Crippen LogP contribution < -0.4 is 5.32 Å². The fraction of sp³-hybridized carbons (Fsp3) is 0.400. The van der Waals surface area contributed by atoms with E-state index < -0.39 is 0 Å². The smallest absolute Gasteiger partial charge is 0.292 e. The van der Waals surface area contributed by atoms with Gasteiger partial charge in [0.25, 0.3) is 5.91 Å². The van der Waals surface area contributed by atoms with Gasteiger partial charge >= 0.3 is 0 Å². The third kappa shape index (κ3) is 4.35. The number of hydrogen-bond donors (Lipinski definition) is 2. The topological polar surface area (TPSA) is 70.9 Å². The molecule has 2 heterocycles. The first-order chi connectivity index (χ1) is 14.5. The van der Waals surface area contributed by atoms with Crippen molar-refractivity contribution in [3.05, 3.63) is 75.1 Å². The molecule has 1 aromatic carbocycles. The molecule has 0 radical (unpaired) electrons. The molecule has 0 atom stereocenters. The molecular formula is C25H29N3O2S. The summed E-state index contributed by atoms with van der Waals surface area (Å²) in [6.45, 7) is 11.5. The van der Waals surface area contributed by atoms with Crippen LogP contribution in [0.2, 0.25) is 0 Å². The van der Waals surface area contributed by atoms with Crippen molar-refractivity contribution in [1.82, 2.24) is 9.97 Å². The highest BCUT2D eigenvalue weighted by molar-refractivity contribution is 7.71. The lowest BCUT2D eigenvalue weighted by atomic mass is 9.62. The average molecular weight is 436 g/mol. The highest BCUT2D eigenvalue weighted by Gasteiger charge is 2.37. The van der Waals surface area contributed by atoms with Crippen LogP contribution in [-0.4, -0.2) is 15.9 Å². The Hall–Kier alpha value is -2.73. The Kier molecular flexibility index (Phi) is 5.38. The van der Waals surface area contributed by atoms with Crippen molar-refractivity contribution in [2.45, 2.75) is 64.7 Å². The van der Waals surface area contributed by atoms with Gasteiger partial charge in [0.1, 0.15) is 11.6 Å². The fourth-order valence-corrected chi connectivity index (χ4v) is 4.54. The number of nitrogens with zero attached hydrogens (tertiary/aromatic N) is 1. The SMILES string of the molecule is Cc1cc2c(cc1Cc1ccc(C(=O)Nc3ccnc(=S)[nH]3)o1)C(C)(C)CCC2(C)C. The summed E-state index contributed by atoms with van der Waals surface area (Å²) in [5, 5.41) is 2.75. The highest BCUT2D eigenvalue weighted by atomic mass is 32.1. The van der Waals surface area contributed by atoms with E-state index in [-0.39, 0.29) is 22.5 Å². The van der Waals surface area contributed by atoms with Gasteiger partial charge in [0.15, 0.2) is 10.5 Å². The third-order valence-corrected chi connectivity index (χ3v) is 6.69. The molecule has 4 rings (SSSR count). The number of fused-ring (bicyclic) bond motifs is 1. The number of anilines is 1. The number of furan rings is 1. The largest absolute Gasteiger partial charge is 0.456 e. The number of carbonyl (C=O) groups excluding carboxylic acids is 1. The molecule has 1 amide bonds. The number of carbonyl (C=O) groups is 1. The van der Waals surface area contributed by atoms with Crippen molar-refractivity contribution in [2.75, 3.05) is 5.32 Å². The predicted molar refractivity (Wildman–Crippen MR) is 125 cm³/mol. The maximum absolute atomic E-state index is 12.5. The molecule has 1 aliphatic rings. The Morgan fingerprint density at radius 1 is 1.13 bits per heavy atom. The van der Waals surface area contributed by atoms with Crippen LogP contribution in [0.5, 0.6) is 0 Å². The lowest BCUT2D eigenvalue weighted by Crippen LogP contribution is -2.34. The quantitative estimate of drug-likeness (QED) is 0.476. The third-order valence-electron chi connectivity index (χ3n) is 6.48. The van der Waals surface area contributed by atoms with Crippen LogP contribution in [0.15, 0.2) is 40.9 Å². The summed E-state index contributed by atoms with van der Waals surface area (Å²) in [5.74, 6) is 1.19. The zero-order valence-electron chi connectivity index (χ0n) is 18.8. The number of aryl methyl sites for hydroxylation is 1. The number of aromatic amines is 1. The summed E-state index contributed by atoms with van der Waals surface area (Å²) in [5.41, 5.74) is 5.74. The van der Waals surface area contributed by atoms with Crippen molar-refractivity contribution in [1.29, 1.82) is 0 Å². The second-order valence-corrected chi connectivity index (χ2v) is 10.2. The van der Waals surface area contributed by atoms with Crippen LogP contribution >= 0.6 is 12.2 Å². The van der Waals surface area contributed by atoms with Gasteiger partial charge in [0.05, 0.1) is 0 Å². The van der Waals surface area contributed by atoms with Gasteiger partial charge in [-0.3, -0.25) is 4.79 Å². The molecule has 0 unspecified atom stereocenters. The fourth-order valence-electron chi connectivity index (χ4n) is 4.37. The maximum atomic E-state index is 12.5. The van der Waals surface area contributed by atoms with E-state index in [9.17, 15) is 4.79 Å². The molecule has 6 heteroatoms. The summed E-state index contributed by atoms with van der Waals surface area (Å²) in [6.07, 6.45) is 4.58. The molecule has 0 spiro atoms. The number of aromatic nitrogens is 2. The van der Waals surface area contributed by atoms with Gasteiger partial charge in [-0.25, -0.2) is 4.98 Å². The Morgan fingerprint density at radius 2 is 1.81 bits per heavy atom. The molecule has 31 heavy (non-hydrogen) atoms. The summed E-state index contributed by atoms with van der Waals surface area (Å²) >= 11 is 4.99. The van der Waals surface area contributed by atoms with E-state index in [2.05, 4.69) is 62.0 Å². The lowest BCUT2D eigenvalue weighted by molar-refractivity contribution is 0.0994. The maximum Gasteiger partial charge on any atom is 0.292 e. The number of amides is 1. The Balaban J connectivity index is 1.57. The second-order valence-electron chi connectivity index (χ2n) is 9.78. The molecule has 0 fully saturated rings. The molecule has 0 saturated carbocycles. The van der Waals surface area contributed by atoms with Gasteiger partial charge in [-0.2, -0.15) is 0 Å². The van der Waals surface area contributed by atoms with E-state index in [1.807, 2.05) is 6.07 Å². The van der Waals surface area contributed by atoms with Crippen molar-refractivity contribution in [3.8, 4) is 0 Å². The first kappa shape index (κ1) is 21.5. The van der Waals surface area contributed by atoms with E-state index in [0.29, 0.717) is 17.0 Å². The Morgan fingerprint density at radius 3 is 2.48 bits per heavy atom. The number of H-pyrrole nitrogens is 1. The first-order valence-corrected chi connectivity index (χ1v) is 11.1. The highest BCUT2D eigenvalue weighted by Crippen LogP contribution is 2.46. The number of hydrogen-bond acceptors (Lipinski definition) is 4. The van der Waals surface area contributed by atoms with Gasteiger partial charge in [0.2, 0.25) is 0 Å². The van der Waals surface area contributed by atoms with Gasteiger partial charge in [-0.05, 0) is 83.3 Å². The second kappa shape index (κ2) is 7.75. The predicted octanol–water partition coefficient (Wildman–Crippen LogP) is 6.23. The van der Waals surface area contributed by atoms with Crippen LogP contribution in [0.3, 0.4) is 0 Å². The van der Waals surface area contributed by atoms with Crippen molar-refractivity contribution in [2.24, 2.45) is 0 Å². The zero-order valence-corrected chi connectivity index (χ0v) is 19.6. The van der Waals surface area contributed by atoms with Crippen molar-refractivity contribution < 1.29 is 9.21 Å². The van der Waals surface area contributed by atoms with Crippen LogP contribution in [0.25, 0.3) is 0 Å². The number of nitrogens with one attached hydrogen (secondary N) is 2. The summed E-state index contributed by atoms with van der Waals surface area (Å²) in [4.78, 5) is 19.3. The van der Waals surface area contributed by atoms with E-state index in [4.69, 9.17) is 16.6 Å². The van der Waals surface area contributed by atoms with Crippen molar-refractivity contribution >= 4 is 23.9 Å². The number of benzene rings is 1. The zero-order chi connectivity index (χ0) is 22.4. The van der Waals surface area contributed by atoms with Crippen LogP contribution in [0.4, 0.5) is 5.82 Å². The molecule has 0 saturated heterocycles. The standard InChI is InChI=1S/C25H29N3O2S/c1-15-12-18-19(25(4,5)10-9-24(18,2)3)14-16(15)13-17-6-7-20(30-17)22(29)27-21-8-11-26-23(31)28-21/h6-8,11-12,14H,9-10,13H2,1-5H3,(H2,26,27,28,29,31). The molecule has 2 N–H and O–H groups in total. The minimum atomic E-state index is -0.326. The van der Waals surface area contributed by atoms with Crippen molar-refractivity contribution in [3.63, 3.8) is 0 Å². The van der Waals surface area contributed by atoms with E-state index in [1.54, 1.807) is 18.3 Å². The normalized spacial score (nSPS) is 16.5. The Bertz CT molecular complexity index is 1200. The van der Waals surface area contributed by atoms with E-state index in [0.717, 1.165) is 5.76 Å². The summed E-state index contributed by atoms with van der Waals surface area (Å²) < 4.78 is 6.19. The molecule has 0 bridgehead atoms. The van der Waals surface area contributed by atoms with Gasteiger partial charge < -0.3 is 14.7 Å². The number of rotatable bonds is 4. The first-order valence-electron chi connectivity index (χ1n) is 10.6. The van der Waals surface area contributed by atoms with E-state index in [1.165, 1.54) is 35.1 Å². The van der Waals surface area contributed by atoms with E-state index >= 15 is 0 Å². The molecule has 1 aliphatic carbocycles. The summed E-state index contributed by atoms with van der Waals surface area (Å²) in [7, 11) is 0. The minimum Gasteiger partial charge on any atom is -0.456 e. The van der Waals surface area contributed by atoms with Gasteiger partial charge in [-0.15, -0.1) is 0 Å². The molecule has 162 valence electrons. The molecule has 0 aliphatic heterocycles. The average Bonchev–Trinajstić information content (AvgIpc) is 3.16. The molecular weight excluding hydrogens is 406 g/mol. The van der Waals surface area contributed by atoms with Gasteiger partial charge in [0, 0.05) is 12.6 Å². The molecule has 5 nitrogen and oxygen atoms in total. The summed E-state index contributed by atoms with van der Waals surface area (Å²) in [6, 6.07) is 9.94. The minimum absolute atomic E-state index is 0.159. The Labute approximate surface area is 188 Å².